The summed E-state index contributed by atoms with van der Waals surface area (Å²) in [7, 11) is 0. The van der Waals surface area contributed by atoms with E-state index in [-0.39, 0.29) is 64.8 Å². The summed E-state index contributed by atoms with van der Waals surface area (Å²) < 4.78 is 0. The monoisotopic (exact) mass is 166 g/mol. The van der Waals surface area contributed by atoms with Gasteiger partial charge in [0.15, 0.2) is 0 Å². The van der Waals surface area contributed by atoms with Crippen molar-refractivity contribution in [3.8, 4) is 0 Å². The van der Waals surface area contributed by atoms with Crippen LogP contribution in [0, 0.1) is 0 Å². The molecule has 0 aliphatic carbocycles. The summed E-state index contributed by atoms with van der Waals surface area (Å²) in [5.41, 5.74) is 0. The Labute approximate surface area is 64.5 Å². The number of rotatable bonds is 0. The Balaban J connectivity index is 0. The van der Waals surface area contributed by atoms with E-state index in [2.05, 4.69) is 0 Å². The first kappa shape index (κ1) is 42.0. The van der Waals surface area contributed by atoms with Crippen molar-refractivity contribution in [2.75, 3.05) is 0 Å². The minimum absolute atomic E-state index is 0. The first-order chi connectivity index (χ1) is 0. The van der Waals surface area contributed by atoms with Gasteiger partial charge in [0.25, 0.3) is 0 Å². The van der Waals surface area contributed by atoms with Crippen molar-refractivity contribution in [1.82, 2.24) is 0 Å². The molecule has 0 atom stereocenters. The van der Waals surface area contributed by atoms with Crippen LogP contribution in [0.15, 0.2) is 0 Å². The number of hydrogen-bond donors (Lipinski definition) is 0. The van der Waals surface area contributed by atoms with E-state index in [0.29, 0.717) is 0 Å². The zero-order valence-electron chi connectivity index (χ0n) is 2.71. The van der Waals surface area contributed by atoms with Crippen molar-refractivity contribution in [3.63, 3.8) is 0 Å². The molecule has 0 rings (SSSR count). The molecule has 0 saturated heterocycles. The van der Waals surface area contributed by atoms with Crippen LogP contribution >= 0.6 is 0 Å². The molecule has 0 aromatic carbocycles. The Morgan fingerprint density at radius 1 is 1.25 bits per heavy atom. The molecule has 4 heavy (non-hydrogen) atoms. The van der Waals surface area contributed by atoms with E-state index in [1.165, 1.54) is 0 Å². The van der Waals surface area contributed by atoms with Gasteiger partial charge in [0.2, 0.25) is 0 Å². The Morgan fingerprint density at radius 3 is 1.25 bits per heavy atom. The van der Waals surface area contributed by atoms with Gasteiger partial charge in [-0.3, -0.25) is 0 Å². The molecule has 0 aliphatic heterocycles. The fraction of sp³-hybridized carbons (Fsp3) is 1.00. The van der Waals surface area contributed by atoms with Crippen molar-refractivity contribution < 1.29 is 39.8 Å². The SMILES string of the molecule is C.[GeH4].[H-].[Li+].[Zn]. The van der Waals surface area contributed by atoms with Crippen molar-refractivity contribution in [2.45, 2.75) is 7.43 Å². The first-order valence-corrected chi connectivity index (χ1v) is 0. The maximum absolute atomic E-state index is 0. The van der Waals surface area contributed by atoms with Crippen LogP contribution in [-0.4, -0.2) is 17.6 Å². The standard InChI is InChI=1S/CH4.GeH4.Li.Zn.H/h2*1H4;;;/q;;+1;;-1. The number of hydrogen-bond acceptors (Lipinski definition) is 0. The van der Waals surface area contributed by atoms with Crippen LogP contribution in [0.4, 0.5) is 0 Å². The molecule has 0 heterocycles. The van der Waals surface area contributed by atoms with Crippen LogP contribution in [0.3, 0.4) is 0 Å². The minimum Gasteiger partial charge on any atom is -1.00 e. The summed E-state index contributed by atoms with van der Waals surface area (Å²) in [5, 5.41) is 0. The van der Waals surface area contributed by atoms with E-state index in [9.17, 15) is 0 Å². The summed E-state index contributed by atoms with van der Waals surface area (Å²) in [6.45, 7) is 0. The largest absolute Gasteiger partial charge is 1.00 e. The summed E-state index contributed by atoms with van der Waals surface area (Å²) in [6, 6.07) is 0. The zero-order valence-corrected chi connectivity index (χ0v) is 4.67. The van der Waals surface area contributed by atoms with E-state index in [1.807, 2.05) is 0 Å². The van der Waals surface area contributed by atoms with Crippen LogP contribution in [-0.2, 0) is 19.5 Å². The van der Waals surface area contributed by atoms with Crippen LogP contribution < -0.4 is 18.9 Å². The van der Waals surface area contributed by atoms with Gasteiger partial charge in [-0.25, -0.2) is 0 Å². The minimum atomic E-state index is 0. The van der Waals surface area contributed by atoms with Gasteiger partial charge in [-0.1, -0.05) is 7.43 Å². The average molecular weight is 166 g/mol. The maximum atomic E-state index is 0. The molecule has 0 fully saturated rings. The van der Waals surface area contributed by atoms with Gasteiger partial charge < -0.3 is 1.43 Å². The molecular formula is CH9GeLiZn. The van der Waals surface area contributed by atoms with Crippen molar-refractivity contribution >= 4 is 17.6 Å². The quantitative estimate of drug-likeness (QED) is 0.325. The van der Waals surface area contributed by atoms with E-state index < -0.39 is 0 Å². The summed E-state index contributed by atoms with van der Waals surface area (Å²) in [6.07, 6.45) is 0. The molecule has 0 aromatic rings. The Bertz CT molecular complexity index is 11.6. The molecule has 20 valence electrons. The maximum Gasteiger partial charge on any atom is 1.00 e. The molecule has 3 heteroatoms. The molecule has 0 radical (unpaired) electrons. The van der Waals surface area contributed by atoms with Crippen molar-refractivity contribution in [2.24, 2.45) is 0 Å². The summed E-state index contributed by atoms with van der Waals surface area (Å²) in [5.74, 6) is 0. The zero-order chi connectivity index (χ0) is 0. The molecule has 0 aromatic heterocycles. The van der Waals surface area contributed by atoms with Gasteiger partial charge in [0.05, 0.1) is 0 Å². The van der Waals surface area contributed by atoms with Crippen molar-refractivity contribution in [3.05, 3.63) is 0 Å². The Morgan fingerprint density at radius 2 is 1.25 bits per heavy atom. The van der Waals surface area contributed by atoms with Gasteiger partial charge in [0.1, 0.15) is 0 Å². The normalized spacial score (nSPS) is 0. The van der Waals surface area contributed by atoms with E-state index in [4.69, 9.17) is 0 Å². The molecule has 0 amide bonds. The van der Waals surface area contributed by atoms with Gasteiger partial charge in [-0.05, 0) is 0 Å². The van der Waals surface area contributed by atoms with Crippen LogP contribution in [0.25, 0.3) is 0 Å². The van der Waals surface area contributed by atoms with Gasteiger partial charge >= 0.3 is 36.5 Å². The second kappa shape index (κ2) is 21.7. The smallest absolute Gasteiger partial charge is 1.00 e. The molecule has 0 N–H and O–H groups in total. The molecule has 0 nitrogen and oxygen atoms in total. The van der Waals surface area contributed by atoms with E-state index in [1.54, 1.807) is 0 Å². The van der Waals surface area contributed by atoms with Crippen molar-refractivity contribution in [1.29, 1.82) is 0 Å². The van der Waals surface area contributed by atoms with Gasteiger partial charge in [-0.2, -0.15) is 0 Å². The fourth-order valence-electron chi connectivity index (χ4n) is 0. The van der Waals surface area contributed by atoms with Crippen LogP contribution in [0.1, 0.15) is 8.85 Å². The third-order valence-corrected chi connectivity index (χ3v) is 0. The summed E-state index contributed by atoms with van der Waals surface area (Å²) in [4.78, 5) is 0. The second-order valence-corrected chi connectivity index (χ2v) is 0. The van der Waals surface area contributed by atoms with Crippen LogP contribution in [0.2, 0.25) is 0 Å². The molecule has 0 bridgehead atoms. The molecule has 0 saturated carbocycles. The summed E-state index contributed by atoms with van der Waals surface area (Å²) >= 11 is 0. The molecule has 0 aliphatic rings. The molecule has 0 spiro atoms. The Kier molecular flexibility index (Phi) is 228. The third-order valence-electron chi connectivity index (χ3n) is 0. The van der Waals surface area contributed by atoms with Gasteiger partial charge in [-0.15, -0.1) is 0 Å². The predicted molar refractivity (Wildman–Crippen MR) is 19.2 cm³/mol. The fourth-order valence-corrected chi connectivity index (χ4v) is 0. The Hall–Kier alpha value is 1.76. The third kappa shape index (κ3) is 9.24. The van der Waals surface area contributed by atoms with Gasteiger partial charge in [0, 0.05) is 19.5 Å². The van der Waals surface area contributed by atoms with E-state index >= 15 is 0 Å². The van der Waals surface area contributed by atoms with Crippen LogP contribution in [0.5, 0.6) is 0 Å². The average Bonchev–Trinajstić information content (AvgIpc) is 0. The van der Waals surface area contributed by atoms with E-state index in [0.717, 1.165) is 0 Å². The predicted octanol–water partition coefficient (Wildman–Crippen LogP) is -3.70. The first-order valence-electron chi connectivity index (χ1n) is 0. The topological polar surface area (TPSA) is 0 Å². The molecular weight excluding hydrogens is 157 g/mol. The second-order valence-electron chi connectivity index (χ2n) is 0. The molecule has 0 unspecified atom stereocenters.